The van der Waals surface area contributed by atoms with Gasteiger partial charge in [0.05, 0.1) is 12.8 Å². The lowest BCUT2D eigenvalue weighted by Gasteiger charge is -2.39. The number of thioether (sulfide) groups is 1. The fraction of sp³-hybridized carbons (Fsp3) is 0.667. The van der Waals surface area contributed by atoms with Crippen molar-refractivity contribution in [2.24, 2.45) is 5.73 Å². The highest BCUT2D eigenvalue weighted by Gasteiger charge is 2.38. The van der Waals surface area contributed by atoms with E-state index in [1.54, 1.807) is 6.26 Å². The molecule has 1 saturated heterocycles. The summed E-state index contributed by atoms with van der Waals surface area (Å²) >= 11 is 2.01. The minimum atomic E-state index is 0.187. The molecule has 0 aromatic carbocycles. The Kier molecular flexibility index (Phi) is 3.95. The zero-order valence-electron chi connectivity index (χ0n) is 9.82. The van der Waals surface area contributed by atoms with E-state index in [0.717, 1.165) is 31.1 Å². The Balaban J connectivity index is 2.08. The van der Waals surface area contributed by atoms with Gasteiger partial charge in [-0.05, 0) is 30.9 Å². The molecular formula is C12H20N2OS. The van der Waals surface area contributed by atoms with Crippen molar-refractivity contribution in [1.29, 1.82) is 0 Å². The molecule has 1 aliphatic heterocycles. The second kappa shape index (κ2) is 5.25. The van der Waals surface area contributed by atoms with Gasteiger partial charge in [-0.15, -0.1) is 0 Å². The van der Waals surface area contributed by atoms with Crippen LogP contribution in [0.2, 0.25) is 0 Å². The number of hydrogen-bond donors (Lipinski definition) is 1. The standard InChI is InChI=1S/C12H20N2OS/c1-2-14(8-11-4-3-6-15-11)12(9-13)5-7-16-10-12/h3-4,6H,2,5,7-10,13H2,1H3. The van der Waals surface area contributed by atoms with Gasteiger partial charge in [0, 0.05) is 17.8 Å². The molecule has 2 heterocycles. The summed E-state index contributed by atoms with van der Waals surface area (Å²) in [6.45, 7) is 4.84. The quantitative estimate of drug-likeness (QED) is 0.854. The first-order valence-electron chi connectivity index (χ1n) is 5.86. The van der Waals surface area contributed by atoms with Crippen molar-refractivity contribution in [3.8, 4) is 0 Å². The van der Waals surface area contributed by atoms with Gasteiger partial charge in [-0.25, -0.2) is 0 Å². The lowest BCUT2D eigenvalue weighted by Crippen LogP contribution is -2.53. The Morgan fingerprint density at radius 1 is 1.62 bits per heavy atom. The molecule has 1 atom stereocenters. The van der Waals surface area contributed by atoms with Gasteiger partial charge in [0.1, 0.15) is 5.76 Å². The molecule has 2 rings (SSSR count). The Hall–Kier alpha value is -0.450. The second-order valence-corrected chi connectivity index (χ2v) is 5.43. The van der Waals surface area contributed by atoms with Crippen LogP contribution in [0.1, 0.15) is 19.1 Å². The van der Waals surface area contributed by atoms with Crippen molar-refractivity contribution < 1.29 is 4.42 Å². The van der Waals surface area contributed by atoms with E-state index in [1.165, 1.54) is 12.2 Å². The Morgan fingerprint density at radius 3 is 3.00 bits per heavy atom. The molecule has 1 aromatic heterocycles. The molecule has 0 aliphatic carbocycles. The molecule has 0 spiro atoms. The number of likely N-dealkylation sites (N-methyl/N-ethyl adjacent to an activating group) is 1. The third-order valence-electron chi connectivity index (χ3n) is 3.44. The van der Waals surface area contributed by atoms with Gasteiger partial charge in [-0.1, -0.05) is 6.92 Å². The zero-order valence-corrected chi connectivity index (χ0v) is 10.6. The summed E-state index contributed by atoms with van der Waals surface area (Å²) in [5, 5.41) is 0. The molecule has 3 nitrogen and oxygen atoms in total. The molecule has 1 fully saturated rings. The first-order valence-corrected chi connectivity index (χ1v) is 7.01. The van der Waals surface area contributed by atoms with E-state index in [4.69, 9.17) is 10.2 Å². The summed E-state index contributed by atoms with van der Waals surface area (Å²) in [5.41, 5.74) is 6.18. The largest absolute Gasteiger partial charge is 0.468 e. The van der Waals surface area contributed by atoms with Gasteiger partial charge in [-0.2, -0.15) is 11.8 Å². The molecule has 1 aromatic rings. The van der Waals surface area contributed by atoms with Crippen LogP contribution in [-0.2, 0) is 6.54 Å². The summed E-state index contributed by atoms with van der Waals surface area (Å²) in [7, 11) is 0. The van der Waals surface area contributed by atoms with Crippen molar-refractivity contribution in [2.75, 3.05) is 24.6 Å². The first kappa shape index (κ1) is 12.0. The lowest BCUT2D eigenvalue weighted by molar-refractivity contribution is 0.106. The van der Waals surface area contributed by atoms with Crippen LogP contribution in [0.3, 0.4) is 0 Å². The minimum absolute atomic E-state index is 0.187. The molecular weight excluding hydrogens is 220 g/mol. The van der Waals surface area contributed by atoms with Crippen LogP contribution in [0.15, 0.2) is 22.8 Å². The highest BCUT2D eigenvalue weighted by molar-refractivity contribution is 7.99. The van der Waals surface area contributed by atoms with Crippen LogP contribution in [-0.4, -0.2) is 35.0 Å². The van der Waals surface area contributed by atoms with E-state index in [-0.39, 0.29) is 5.54 Å². The topological polar surface area (TPSA) is 42.4 Å². The van der Waals surface area contributed by atoms with Gasteiger partial charge in [0.25, 0.3) is 0 Å². The van der Waals surface area contributed by atoms with Crippen LogP contribution in [0.4, 0.5) is 0 Å². The van der Waals surface area contributed by atoms with Gasteiger partial charge >= 0.3 is 0 Å². The van der Waals surface area contributed by atoms with Gasteiger partial charge in [0.2, 0.25) is 0 Å². The van der Waals surface area contributed by atoms with E-state index >= 15 is 0 Å². The summed E-state index contributed by atoms with van der Waals surface area (Å²) in [6.07, 6.45) is 2.93. The van der Waals surface area contributed by atoms with Gasteiger partial charge in [0.15, 0.2) is 0 Å². The first-order chi connectivity index (χ1) is 7.80. The van der Waals surface area contributed by atoms with Gasteiger partial charge < -0.3 is 10.2 Å². The molecule has 16 heavy (non-hydrogen) atoms. The van der Waals surface area contributed by atoms with Crippen molar-refractivity contribution >= 4 is 11.8 Å². The van der Waals surface area contributed by atoms with Crippen LogP contribution < -0.4 is 5.73 Å². The number of nitrogens with two attached hydrogens (primary N) is 1. The van der Waals surface area contributed by atoms with E-state index in [9.17, 15) is 0 Å². The van der Waals surface area contributed by atoms with Gasteiger partial charge in [-0.3, -0.25) is 4.90 Å². The molecule has 1 unspecified atom stereocenters. The summed E-state index contributed by atoms with van der Waals surface area (Å²) < 4.78 is 5.43. The van der Waals surface area contributed by atoms with Crippen molar-refractivity contribution in [3.05, 3.63) is 24.2 Å². The van der Waals surface area contributed by atoms with Crippen LogP contribution in [0.25, 0.3) is 0 Å². The molecule has 4 heteroatoms. The predicted octanol–water partition coefficient (Wildman–Crippen LogP) is 1.94. The zero-order chi connectivity index (χ0) is 11.4. The normalized spacial score (nSPS) is 25.4. The van der Waals surface area contributed by atoms with Crippen molar-refractivity contribution in [3.63, 3.8) is 0 Å². The predicted molar refractivity (Wildman–Crippen MR) is 68.5 cm³/mol. The van der Waals surface area contributed by atoms with Crippen LogP contribution in [0.5, 0.6) is 0 Å². The number of nitrogens with zero attached hydrogens (tertiary/aromatic N) is 1. The monoisotopic (exact) mass is 240 g/mol. The lowest BCUT2D eigenvalue weighted by atomic mass is 9.96. The number of furan rings is 1. The fourth-order valence-corrected chi connectivity index (χ4v) is 3.83. The minimum Gasteiger partial charge on any atom is -0.468 e. The summed E-state index contributed by atoms with van der Waals surface area (Å²) in [6, 6.07) is 3.98. The second-order valence-electron chi connectivity index (χ2n) is 4.32. The molecule has 0 amide bonds. The third kappa shape index (κ3) is 2.29. The van der Waals surface area contributed by atoms with Crippen molar-refractivity contribution in [1.82, 2.24) is 4.90 Å². The molecule has 2 N–H and O–H groups in total. The average Bonchev–Trinajstić information content (AvgIpc) is 2.97. The Labute approximate surface area is 101 Å². The Morgan fingerprint density at radius 2 is 2.50 bits per heavy atom. The van der Waals surface area contributed by atoms with E-state index in [0.29, 0.717) is 0 Å². The van der Waals surface area contributed by atoms with E-state index in [1.807, 2.05) is 23.9 Å². The fourth-order valence-electron chi connectivity index (χ4n) is 2.34. The maximum Gasteiger partial charge on any atom is 0.117 e. The smallest absolute Gasteiger partial charge is 0.117 e. The van der Waals surface area contributed by atoms with Crippen molar-refractivity contribution in [2.45, 2.75) is 25.4 Å². The highest BCUT2D eigenvalue weighted by atomic mass is 32.2. The molecule has 0 saturated carbocycles. The highest BCUT2D eigenvalue weighted by Crippen LogP contribution is 2.33. The summed E-state index contributed by atoms with van der Waals surface area (Å²) in [5.74, 6) is 3.41. The maximum atomic E-state index is 5.99. The number of hydrogen-bond acceptors (Lipinski definition) is 4. The maximum absolute atomic E-state index is 5.99. The van der Waals surface area contributed by atoms with E-state index in [2.05, 4.69) is 11.8 Å². The van der Waals surface area contributed by atoms with Crippen LogP contribution >= 0.6 is 11.8 Å². The average molecular weight is 240 g/mol. The Bertz CT molecular complexity index is 307. The summed E-state index contributed by atoms with van der Waals surface area (Å²) in [4.78, 5) is 2.46. The molecule has 1 aliphatic rings. The molecule has 0 bridgehead atoms. The molecule has 0 radical (unpaired) electrons. The molecule has 90 valence electrons. The third-order valence-corrected chi connectivity index (χ3v) is 4.68. The number of rotatable bonds is 5. The van der Waals surface area contributed by atoms with E-state index < -0.39 is 0 Å². The van der Waals surface area contributed by atoms with Crippen LogP contribution in [0, 0.1) is 0 Å². The SMILES string of the molecule is CCN(Cc1ccco1)C1(CN)CCSC1.